The molecule has 0 radical (unpaired) electrons. The molecule has 100 valence electrons. The Balaban J connectivity index is 2.04. The third kappa shape index (κ3) is 3.19. The van der Waals surface area contributed by atoms with Crippen molar-refractivity contribution >= 4 is 10.2 Å². The van der Waals surface area contributed by atoms with E-state index >= 15 is 0 Å². The number of unbranched alkanes of at least 4 members (excludes halogenated alkanes) is 1. The first-order chi connectivity index (χ1) is 8.16. The SMILES string of the molecule is CCCCN(C1CC1)S(=O)(=O)N1CCNCC1. The average molecular weight is 261 g/mol. The third-order valence-electron chi connectivity index (χ3n) is 3.38. The van der Waals surface area contributed by atoms with Crippen molar-refractivity contribution in [1.29, 1.82) is 0 Å². The summed E-state index contributed by atoms with van der Waals surface area (Å²) in [6.45, 7) is 5.54. The van der Waals surface area contributed by atoms with Gasteiger partial charge in [0.2, 0.25) is 0 Å². The summed E-state index contributed by atoms with van der Waals surface area (Å²) in [4.78, 5) is 0. The molecule has 1 heterocycles. The van der Waals surface area contributed by atoms with Crippen LogP contribution in [0.5, 0.6) is 0 Å². The first-order valence-corrected chi connectivity index (χ1v) is 8.03. The first-order valence-electron chi connectivity index (χ1n) is 6.64. The molecule has 0 atom stereocenters. The average Bonchev–Trinajstić information content (AvgIpc) is 3.15. The Hall–Kier alpha value is -0.170. The van der Waals surface area contributed by atoms with Crippen LogP contribution in [0, 0.1) is 0 Å². The Morgan fingerprint density at radius 1 is 1.29 bits per heavy atom. The molecule has 0 spiro atoms. The van der Waals surface area contributed by atoms with Crippen molar-refractivity contribution in [3.63, 3.8) is 0 Å². The predicted molar refractivity (Wildman–Crippen MR) is 68.0 cm³/mol. The van der Waals surface area contributed by atoms with Crippen molar-refractivity contribution in [3.05, 3.63) is 0 Å². The van der Waals surface area contributed by atoms with Gasteiger partial charge in [-0.2, -0.15) is 17.0 Å². The maximum Gasteiger partial charge on any atom is 0.282 e. The molecule has 0 amide bonds. The predicted octanol–water partition coefficient (Wildman–Crippen LogP) is 0.401. The van der Waals surface area contributed by atoms with Gasteiger partial charge in [-0.3, -0.25) is 0 Å². The van der Waals surface area contributed by atoms with Gasteiger partial charge in [-0.25, -0.2) is 0 Å². The highest BCUT2D eigenvalue weighted by Crippen LogP contribution is 2.30. The Kier molecular flexibility index (Phi) is 4.41. The third-order valence-corrected chi connectivity index (χ3v) is 5.48. The summed E-state index contributed by atoms with van der Waals surface area (Å²) in [5.74, 6) is 0. The normalized spacial score (nSPS) is 23.2. The second-order valence-electron chi connectivity index (χ2n) is 4.85. The van der Waals surface area contributed by atoms with Gasteiger partial charge in [0.25, 0.3) is 10.2 Å². The summed E-state index contributed by atoms with van der Waals surface area (Å²) in [7, 11) is -3.21. The van der Waals surface area contributed by atoms with E-state index in [1.54, 1.807) is 8.61 Å². The van der Waals surface area contributed by atoms with E-state index in [1.807, 2.05) is 0 Å². The van der Waals surface area contributed by atoms with E-state index in [9.17, 15) is 8.42 Å². The zero-order chi connectivity index (χ0) is 12.3. The summed E-state index contributed by atoms with van der Waals surface area (Å²) in [5.41, 5.74) is 0. The Morgan fingerprint density at radius 2 is 1.94 bits per heavy atom. The van der Waals surface area contributed by atoms with Gasteiger partial charge in [0.1, 0.15) is 0 Å². The molecule has 2 rings (SSSR count). The van der Waals surface area contributed by atoms with E-state index in [2.05, 4.69) is 12.2 Å². The van der Waals surface area contributed by atoms with Crippen molar-refractivity contribution in [2.24, 2.45) is 0 Å². The molecule has 2 fully saturated rings. The zero-order valence-electron chi connectivity index (χ0n) is 10.6. The molecule has 0 aromatic heterocycles. The highest BCUT2D eigenvalue weighted by molar-refractivity contribution is 7.86. The van der Waals surface area contributed by atoms with Gasteiger partial charge in [-0.1, -0.05) is 13.3 Å². The lowest BCUT2D eigenvalue weighted by atomic mass is 10.3. The van der Waals surface area contributed by atoms with Gasteiger partial charge in [0, 0.05) is 38.8 Å². The summed E-state index contributed by atoms with van der Waals surface area (Å²) >= 11 is 0. The van der Waals surface area contributed by atoms with E-state index in [0.717, 1.165) is 38.8 Å². The monoisotopic (exact) mass is 261 g/mol. The minimum absolute atomic E-state index is 0.279. The molecule has 17 heavy (non-hydrogen) atoms. The molecular weight excluding hydrogens is 238 g/mol. The van der Waals surface area contributed by atoms with Gasteiger partial charge < -0.3 is 5.32 Å². The van der Waals surface area contributed by atoms with Crippen LogP contribution < -0.4 is 5.32 Å². The summed E-state index contributed by atoms with van der Waals surface area (Å²) in [5, 5.41) is 3.19. The van der Waals surface area contributed by atoms with Crippen LogP contribution in [0.1, 0.15) is 32.6 Å². The van der Waals surface area contributed by atoms with Crippen molar-refractivity contribution < 1.29 is 8.42 Å². The molecule has 6 heteroatoms. The van der Waals surface area contributed by atoms with Gasteiger partial charge in [-0.05, 0) is 19.3 Å². The lowest BCUT2D eigenvalue weighted by Gasteiger charge is -2.32. The summed E-state index contributed by atoms with van der Waals surface area (Å²) in [6.07, 6.45) is 4.08. The molecule has 1 saturated heterocycles. The van der Waals surface area contributed by atoms with Crippen LogP contribution in [-0.4, -0.2) is 55.8 Å². The fraction of sp³-hybridized carbons (Fsp3) is 1.00. The molecule has 2 aliphatic rings. The maximum atomic E-state index is 12.5. The van der Waals surface area contributed by atoms with Crippen molar-refractivity contribution in [1.82, 2.24) is 13.9 Å². The maximum absolute atomic E-state index is 12.5. The Bertz CT molecular complexity index is 335. The highest BCUT2D eigenvalue weighted by Gasteiger charge is 2.39. The van der Waals surface area contributed by atoms with Gasteiger partial charge >= 0.3 is 0 Å². The molecule has 5 nitrogen and oxygen atoms in total. The molecule has 1 aliphatic heterocycles. The van der Waals surface area contributed by atoms with E-state index in [-0.39, 0.29) is 6.04 Å². The van der Waals surface area contributed by atoms with Crippen molar-refractivity contribution in [2.75, 3.05) is 32.7 Å². The molecular formula is C11H23N3O2S. The number of nitrogens with one attached hydrogen (secondary N) is 1. The lowest BCUT2D eigenvalue weighted by Crippen LogP contribution is -2.52. The van der Waals surface area contributed by atoms with Gasteiger partial charge in [0.05, 0.1) is 0 Å². The number of rotatable bonds is 6. The largest absolute Gasteiger partial charge is 0.314 e. The standard InChI is InChI=1S/C11H23N3O2S/c1-2-3-8-14(11-4-5-11)17(15,16)13-9-6-12-7-10-13/h11-12H,2-10H2,1H3. The first kappa shape index (κ1) is 13.3. The molecule has 0 aromatic rings. The summed E-state index contributed by atoms with van der Waals surface area (Å²) < 4.78 is 28.4. The van der Waals surface area contributed by atoms with E-state index < -0.39 is 10.2 Å². The van der Waals surface area contributed by atoms with Crippen molar-refractivity contribution in [2.45, 2.75) is 38.6 Å². The van der Waals surface area contributed by atoms with Crippen LogP contribution in [0.2, 0.25) is 0 Å². The number of piperazine rings is 1. The van der Waals surface area contributed by atoms with Gasteiger partial charge in [0.15, 0.2) is 0 Å². The fourth-order valence-corrected chi connectivity index (χ4v) is 4.07. The second-order valence-corrected chi connectivity index (χ2v) is 6.73. The number of hydrogen-bond donors (Lipinski definition) is 1. The van der Waals surface area contributed by atoms with Crippen LogP contribution in [0.25, 0.3) is 0 Å². The van der Waals surface area contributed by atoms with E-state index in [1.165, 1.54) is 0 Å². The Morgan fingerprint density at radius 3 is 2.47 bits per heavy atom. The zero-order valence-corrected chi connectivity index (χ0v) is 11.4. The van der Waals surface area contributed by atoms with E-state index in [4.69, 9.17) is 0 Å². The molecule has 1 saturated carbocycles. The minimum Gasteiger partial charge on any atom is -0.314 e. The second kappa shape index (κ2) is 5.65. The summed E-state index contributed by atoms with van der Waals surface area (Å²) in [6, 6.07) is 0.279. The number of hydrogen-bond acceptors (Lipinski definition) is 3. The number of nitrogens with zero attached hydrogens (tertiary/aromatic N) is 2. The van der Waals surface area contributed by atoms with E-state index in [0.29, 0.717) is 19.6 Å². The molecule has 0 unspecified atom stereocenters. The van der Waals surface area contributed by atoms with Crippen LogP contribution in [0.4, 0.5) is 0 Å². The van der Waals surface area contributed by atoms with Crippen LogP contribution in [0.15, 0.2) is 0 Å². The highest BCUT2D eigenvalue weighted by atomic mass is 32.2. The molecule has 1 N–H and O–H groups in total. The van der Waals surface area contributed by atoms with Crippen LogP contribution in [0.3, 0.4) is 0 Å². The minimum atomic E-state index is -3.21. The van der Waals surface area contributed by atoms with Crippen LogP contribution in [-0.2, 0) is 10.2 Å². The lowest BCUT2D eigenvalue weighted by molar-refractivity contribution is 0.305. The molecule has 0 aromatic carbocycles. The Labute approximate surface area is 104 Å². The fourth-order valence-electron chi connectivity index (χ4n) is 2.19. The molecule has 1 aliphatic carbocycles. The molecule has 0 bridgehead atoms. The van der Waals surface area contributed by atoms with Gasteiger partial charge in [-0.15, -0.1) is 0 Å². The van der Waals surface area contributed by atoms with Crippen molar-refractivity contribution in [3.8, 4) is 0 Å². The topological polar surface area (TPSA) is 52.7 Å². The quantitative estimate of drug-likeness (QED) is 0.753. The van der Waals surface area contributed by atoms with Crippen LogP contribution >= 0.6 is 0 Å². The smallest absolute Gasteiger partial charge is 0.282 e.